The number of hydrogen-bond donors (Lipinski definition) is 1. The smallest absolute Gasteiger partial charge is 0.165 e. The van der Waals surface area contributed by atoms with E-state index in [1.807, 2.05) is 0 Å². The fourth-order valence-corrected chi connectivity index (χ4v) is 2.72. The van der Waals surface area contributed by atoms with Crippen LogP contribution in [-0.4, -0.2) is 6.04 Å². The zero-order valence-electron chi connectivity index (χ0n) is 10.6. The average Bonchev–Trinajstić information content (AvgIpc) is 3.14. The van der Waals surface area contributed by atoms with E-state index in [9.17, 15) is 4.39 Å². The molecule has 0 amide bonds. The van der Waals surface area contributed by atoms with E-state index in [-0.39, 0.29) is 5.82 Å². The fraction of sp³-hybridized carbons (Fsp3) is 0.333. The first kappa shape index (κ1) is 12.6. The highest BCUT2D eigenvalue weighted by Crippen LogP contribution is 2.23. The van der Waals surface area contributed by atoms with E-state index in [0.717, 1.165) is 17.5 Å². The molecule has 0 saturated heterocycles. The van der Waals surface area contributed by atoms with Gasteiger partial charge in [0.1, 0.15) is 6.61 Å². The number of nitrogens with one attached hydrogen (secondary N) is 1. The van der Waals surface area contributed by atoms with Crippen LogP contribution < -0.4 is 10.1 Å². The summed E-state index contributed by atoms with van der Waals surface area (Å²) in [4.78, 5) is 2.43. The number of benzene rings is 1. The van der Waals surface area contributed by atoms with E-state index in [1.54, 1.807) is 29.5 Å². The minimum atomic E-state index is -0.310. The zero-order valence-corrected chi connectivity index (χ0v) is 11.4. The maximum Gasteiger partial charge on any atom is 0.165 e. The Kier molecular flexibility index (Phi) is 3.80. The van der Waals surface area contributed by atoms with Gasteiger partial charge < -0.3 is 10.1 Å². The number of thiophene rings is 1. The predicted molar refractivity (Wildman–Crippen MR) is 74.9 cm³/mol. The molecule has 2 nitrogen and oxygen atoms in total. The third kappa shape index (κ3) is 3.55. The highest BCUT2D eigenvalue weighted by Gasteiger charge is 2.20. The highest BCUT2D eigenvalue weighted by atomic mass is 32.1. The van der Waals surface area contributed by atoms with Crippen molar-refractivity contribution in [2.45, 2.75) is 32.0 Å². The van der Waals surface area contributed by atoms with Gasteiger partial charge in [0.05, 0.1) is 0 Å². The second kappa shape index (κ2) is 5.72. The summed E-state index contributed by atoms with van der Waals surface area (Å²) in [5, 5.41) is 3.48. The van der Waals surface area contributed by atoms with Gasteiger partial charge in [0.15, 0.2) is 11.6 Å². The van der Waals surface area contributed by atoms with Gasteiger partial charge in [-0.15, -0.1) is 11.3 Å². The SMILES string of the molecule is Fc1ccccc1OCc1ccc(CNC2CC2)s1. The third-order valence-corrected chi connectivity index (χ3v) is 4.12. The van der Waals surface area contributed by atoms with Gasteiger partial charge in [0.2, 0.25) is 0 Å². The van der Waals surface area contributed by atoms with Crippen molar-refractivity contribution in [1.82, 2.24) is 5.32 Å². The molecule has 0 unspecified atom stereocenters. The van der Waals surface area contributed by atoms with E-state index in [4.69, 9.17) is 4.74 Å². The Morgan fingerprint density at radius 2 is 1.95 bits per heavy atom. The van der Waals surface area contributed by atoms with Crippen LogP contribution in [0.5, 0.6) is 5.75 Å². The van der Waals surface area contributed by atoms with Crippen molar-refractivity contribution in [3.8, 4) is 5.75 Å². The molecule has 1 fully saturated rings. The summed E-state index contributed by atoms with van der Waals surface area (Å²) in [7, 11) is 0. The van der Waals surface area contributed by atoms with E-state index < -0.39 is 0 Å². The lowest BCUT2D eigenvalue weighted by molar-refractivity contribution is 0.293. The number of halogens is 1. The number of ether oxygens (including phenoxy) is 1. The van der Waals surface area contributed by atoms with Gasteiger partial charge in [0.25, 0.3) is 0 Å². The molecule has 0 bridgehead atoms. The predicted octanol–water partition coefficient (Wildman–Crippen LogP) is 3.72. The first-order valence-corrected chi connectivity index (χ1v) is 7.31. The van der Waals surface area contributed by atoms with Gasteiger partial charge >= 0.3 is 0 Å². The Labute approximate surface area is 116 Å². The van der Waals surface area contributed by atoms with E-state index in [0.29, 0.717) is 12.4 Å². The Morgan fingerprint density at radius 1 is 1.16 bits per heavy atom. The summed E-state index contributed by atoms with van der Waals surface area (Å²) in [6, 6.07) is 11.4. The summed E-state index contributed by atoms with van der Waals surface area (Å²) < 4.78 is 18.9. The molecule has 0 aliphatic heterocycles. The fourth-order valence-electron chi connectivity index (χ4n) is 1.84. The second-order valence-electron chi connectivity index (χ2n) is 4.74. The average molecular weight is 277 g/mol. The van der Waals surface area contributed by atoms with Gasteiger partial charge in [-0.3, -0.25) is 0 Å². The summed E-state index contributed by atoms with van der Waals surface area (Å²) in [5.74, 6) is 0.00300. The first-order chi connectivity index (χ1) is 9.31. The van der Waals surface area contributed by atoms with Crippen LogP contribution in [0.3, 0.4) is 0 Å². The zero-order chi connectivity index (χ0) is 13.1. The molecule has 1 aromatic heterocycles. The monoisotopic (exact) mass is 277 g/mol. The van der Waals surface area contributed by atoms with Crippen molar-refractivity contribution < 1.29 is 9.13 Å². The molecule has 4 heteroatoms. The van der Waals surface area contributed by atoms with Crippen molar-refractivity contribution in [2.24, 2.45) is 0 Å². The Morgan fingerprint density at radius 3 is 2.74 bits per heavy atom. The molecular weight excluding hydrogens is 261 g/mol. The summed E-state index contributed by atoms with van der Waals surface area (Å²) in [6.45, 7) is 1.35. The van der Waals surface area contributed by atoms with E-state index in [1.165, 1.54) is 23.8 Å². The molecular formula is C15H16FNOS. The van der Waals surface area contributed by atoms with Crippen molar-refractivity contribution in [3.63, 3.8) is 0 Å². The van der Waals surface area contributed by atoms with Gasteiger partial charge in [-0.1, -0.05) is 12.1 Å². The largest absolute Gasteiger partial charge is 0.485 e. The van der Waals surface area contributed by atoms with Crippen LogP contribution in [0.4, 0.5) is 4.39 Å². The van der Waals surface area contributed by atoms with Crippen molar-refractivity contribution in [2.75, 3.05) is 0 Å². The summed E-state index contributed by atoms with van der Waals surface area (Å²) in [5.41, 5.74) is 0. The maximum atomic E-state index is 13.4. The number of para-hydroxylation sites is 1. The minimum absolute atomic E-state index is 0.310. The summed E-state index contributed by atoms with van der Waals surface area (Å²) in [6.07, 6.45) is 2.60. The molecule has 2 aromatic rings. The normalized spacial score (nSPS) is 14.6. The first-order valence-electron chi connectivity index (χ1n) is 6.49. The standard InChI is InChI=1S/C15H16FNOS/c16-14-3-1-2-4-15(14)18-10-13-8-7-12(19-13)9-17-11-5-6-11/h1-4,7-8,11,17H,5-6,9-10H2. The van der Waals surface area contributed by atoms with Crippen LogP contribution >= 0.6 is 11.3 Å². The lowest BCUT2D eigenvalue weighted by Gasteiger charge is -2.05. The molecule has 19 heavy (non-hydrogen) atoms. The molecule has 0 atom stereocenters. The van der Waals surface area contributed by atoms with Crippen LogP contribution in [0.2, 0.25) is 0 Å². The van der Waals surface area contributed by atoms with Crippen LogP contribution in [0, 0.1) is 5.82 Å². The van der Waals surface area contributed by atoms with Crippen LogP contribution in [0.25, 0.3) is 0 Å². The summed E-state index contributed by atoms with van der Waals surface area (Å²) >= 11 is 1.72. The van der Waals surface area contributed by atoms with Gasteiger partial charge in [-0.2, -0.15) is 0 Å². The lowest BCUT2D eigenvalue weighted by atomic mass is 10.3. The Hall–Kier alpha value is -1.39. The van der Waals surface area contributed by atoms with Crippen LogP contribution in [-0.2, 0) is 13.2 Å². The molecule has 1 aliphatic rings. The Balaban J connectivity index is 1.53. The Bertz CT molecular complexity index is 551. The quantitative estimate of drug-likeness (QED) is 0.869. The molecule has 1 heterocycles. The third-order valence-electron chi connectivity index (χ3n) is 3.07. The lowest BCUT2D eigenvalue weighted by Crippen LogP contribution is -2.14. The molecule has 0 radical (unpaired) electrons. The second-order valence-corrected chi connectivity index (χ2v) is 6.00. The highest BCUT2D eigenvalue weighted by molar-refractivity contribution is 7.11. The van der Waals surface area contributed by atoms with E-state index >= 15 is 0 Å². The molecule has 100 valence electrons. The van der Waals surface area contributed by atoms with Crippen LogP contribution in [0.15, 0.2) is 36.4 Å². The van der Waals surface area contributed by atoms with Gasteiger partial charge in [0, 0.05) is 22.3 Å². The molecule has 1 saturated carbocycles. The molecule has 0 spiro atoms. The molecule has 1 N–H and O–H groups in total. The minimum Gasteiger partial charge on any atom is -0.485 e. The van der Waals surface area contributed by atoms with Crippen molar-refractivity contribution in [3.05, 3.63) is 52.0 Å². The van der Waals surface area contributed by atoms with Gasteiger partial charge in [-0.25, -0.2) is 4.39 Å². The topological polar surface area (TPSA) is 21.3 Å². The number of rotatable bonds is 6. The van der Waals surface area contributed by atoms with E-state index in [2.05, 4.69) is 17.4 Å². The van der Waals surface area contributed by atoms with Gasteiger partial charge in [-0.05, 0) is 37.1 Å². The van der Waals surface area contributed by atoms with Crippen LogP contribution in [0.1, 0.15) is 22.6 Å². The maximum absolute atomic E-state index is 13.4. The van der Waals surface area contributed by atoms with Crippen molar-refractivity contribution in [1.29, 1.82) is 0 Å². The number of hydrogen-bond acceptors (Lipinski definition) is 3. The molecule has 3 rings (SSSR count). The molecule has 1 aliphatic carbocycles. The molecule has 1 aromatic carbocycles. The van der Waals surface area contributed by atoms with Crippen molar-refractivity contribution >= 4 is 11.3 Å².